The van der Waals surface area contributed by atoms with E-state index in [1.807, 2.05) is 24.3 Å². The van der Waals surface area contributed by atoms with Gasteiger partial charge in [0.2, 0.25) is 0 Å². The summed E-state index contributed by atoms with van der Waals surface area (Å²) in [5, 5.41) is 4.87. The first-order chi connectivity index (χ1) is 26.3. The van der Waals surface area contributed by atoms with Crippen molar-refractivity contribution in [2.24, 2.45) is 9.98 Å². The van der Waals surface area contributed by atoms with Crippen molar-refractivity contribution in [1.82, 2.24) is 15.0 Å². The summed E-state index contributed by atoms with van der Waals surface area (Å²) >= 11 is 0. The summed E-state index contributed by atoms with van der Waals surface area (Å²) in [6.07, 6.45) is 0. The molecule has 1 aliphatic rings. The lowest BCUT2D eigenvalue weighted by Gasteiger charge is -2.14. The van der Waals surface area contributed by atoms with Crippen LogP contribution in [0.1, 0.15) is 0 Å². The van der Waals surface area contributed by atoms with Crippen LogP contribution < -0.4 is 10.7 Å². The number of pyridine rings is 1. The van der Waals surface area contributed by atoms with Crippen LogP contribution in [0.5, 0.6) is 0 Å². The molecule has 10 rings (SSSR count). The molecule has 0 radical (unpaired) electrons. The third-order valence-corrected chi connectivity index (χ3v) is 9.94. The number of para-hydroxylation sites is 1. The first-order valence-corrected chi connectivity index (χ1v) is 17.8. The van der Waals surface area contributed by atoms with E-state index in [0.29, 0.717) is 12.5 Å². The second-order valence-corrected chi connectivity index (χ2v) is 13.2. The van der Waals surface area contributed by atoms with Gasteiger partial charge in [-0.2, -0.15) is 0 Å². The van der Waals surface area contributed by atoms with Crippen molar-refractivity contribution in [2.75, 3.05) is 6.67 Å². The van der Waals surface area contributed by atoms with Crippen LogP contribution in [0.4, 0.5) is 0 Å². The summed E-state index contributed by atoms with van der Waals surface area (Å²) in [4.78, 5) is 25.8. The molecule has 0 saturated heterocycles. The van der Waals surface area contributed by atoms with Crippen LogP contribution in [-0.2, 0) is 0 Å². The van der Waals surface area contributed by atoms with Crippen LogP contribution in [0.3, 0.4) is 0 Å². The molecule has 0 amide bonds. The fourth-order valence-electron chi connectivity index (χ4n) is 7.40. The summed E-state index contributed by atoms with van der Waals surface area (Å²) in [5.41, 5.74) is 11.9. The molecular formula is C48H31N5. The molecule has 0 fully saturated rings. The van der Waals surface area contributed by atoms with Gasteiger partial charge in [0.25, 0.3) is 0 Å². The topological polar surface area (TPSA) is 63.4 Å². The van der Waals surface area contributed by atoms with E-state index in [4.69, 9.17) is 24.9 Å². The Kier molecular flexibility index (Phi) is 7.47. The van der Waals surface area contributed by atoms with Crippen molar-refractivity contribution >= 4 is 21.7 Å². The Hall–Kier alpha value is -7.11. The predicted molar refractivity (Wildman–Crippen MR) is 215 cm³/mol. The second kappa shape index (κ2) is 12.9. The van der Waals surface area contributed by atoms with Crippen LogP contribution in [0.15, 0.2) is 186 Å². The van der Waals surface area contributed by atoms with E-state index in [1.54, 1.807) is 0 Å². The molecule has 248 valence electrons. The molecular weight excluding hydrogens is 647 g/mol. The Balaban J connectivity index is 1.25. The van der Waals surface area contributed by atoms with Gasteiger partial charge in [-0.05, 0) is 52.6 Å². The molecule has 0 N–H and O–H groups in total. The molecule has 1 aliphatic heterocycles. The van der Waals surface area contributed by atoms with Gasteiger partial charge in [0.1, 0.15) is 6.67 Å². The van der Waals surface area contributed by atoms with E-state index in [-0.39, 0.29) is 0 Å². The van der Waals surface area contributed by atoms with Gasteiger partial charge in [-0.3, -0.25) is 9.98 Å². The zero-order chi connectivity index (χ0) is 35.1. The molecule has 5 nitrogen and oxygen atoms in total. The largest absolute Gasteiger partial charge is 0.259 e. The number of aromatic nitrogens is 3. The van der Waals surface area contributed by atoms with E-state index >= 15 is 0 Å². The Morgan fingerprint density at radius 1 is 0.358 bits per heavy atom. The molecule has 3 heterocycles. The fourth-order valence-corrected chi connectivity index (χ4v) is 7.40. The van der Waals surface area contributed by atoms with Gasteiger partial charge in [0, 0.05) is 38.4 Å². The summed E-state index contributed by atoms with van der Waals surface area (Å²) in [5.74, 6) is 0.643. The maximum atomic E-state index is 5.33. The monoisotopic (exact) mass is 677 g/mol. The molecule has 0 unspecified atom stereocenters. The molecule has 2 aromatic heterocycles. The minimum Gasteiger partial charge on any atom is -0.259 e. The van der Waals surface area contributed by atoms with Crippen molar-refractivity contribution in [3.8, 4) is 67.4 Å². The number of rotatable bonds is 6. The zero-order valence-electron chi connectivity index (χ0n) is 28.7. The highest BCUT2D eigenvalue weighted by atomic mass is 15.0. The van der Waals surface area contributed by atoms with Crippen molar-refractivity contribution in [3.05, 3.63) is 187 Å². The lowest BCUT2D eigenvalue weighted by Crippen LogP contribution is -2.26. The third kappa shape index (κ3) is 5.56. The van der Waals surface area contributed by atoms with E-state index in [1.165, 1.54) is 0 Å². The lowest BCUT2D eigenvalue weighted by molar-refractivity contribution is 1.06. The van der Waals surface area contributed by atoms with Crippen molar-refractivity contribution < 1.29 is 0 Å². The number of hydrogen-bond acceptors (Lipinski definition) is 5. The summed E-state index contributed by atoms with van der Waals surface area (Å²) in [6.45, 7) is 0.363. The molecule has 7 aromatic carbocycles. The normalized spacial score (nSPS) is 12.0. The molecule has 5 heteroatoms. The maximum Gasteiger partial charge on any atom is 0.160 e. The van der Waals surface area contributed by atoms with E-state index in [0.717, 1.165) is 94.0 Å². The number of hydrogen-bond donors (Lipinski definition) is 0. The van der Waals surface area contributed by atoms with E-state index < -0.39 is 0 Å². The number of fused-ring (bicyclic) bond motifs is 5. The zero-order valence-corrected chi connectivity index (χ0v) is 28.7. The van der Waals surface area contributed by atoms with Crippen LogP contribution in [-0.4, -0.2) is 21.6 Å². The van der Waals surface area contributed by atoms with E-state index in [9.17, 15) is 0 Å². The Morgan fingerprint density at radius 3 is 1.62 bits per heavy atom. The third-order valence-electron chi connectivity index (χ3n) is 9.94. The fraction of sp³-hybridized carbons (Fsp3) is 0.0208. The van der Waals surface area contributed by atoms with Gasteiger partial charge in [0.15, 0.2) is 5.82 Å². The van der Waals surface area contributed by atoms with Crippen LogP contribution in [0, 0.1) is 0 Å². The highest BCUT2D eigenvalue weighted by molar-refractivity contribution is 6.11. The molecule has 0 atom stereocenters. The van der Waals surface area contributed by atoms with Crippen LogP contribution in [0.2, 0.25) is 0 Å². The molecule has 0 spiro atoms. The Bertz CT molecular complexity index is 2860. The number of benzene rings is 7. The summed E-state index contributed by atoms with van der Waals surface area (Å²) < 4.78 is 0. The first-order valence-electron chi connectivity index (χ1n) is 17.8. The SMILES string of the molecule is c1ccc(-c2cccc(-c3cc(-c4cc5c(-c6ccccc6)nc6ccccc6c5c5c4=NCN=5)nc(-c4cccc(-c5ccccc5)c4)n3)c2)cc1. The highest BCUT2D eigenvalue weighted by Crippen LogP contribution is 2.35. The second-order valence-electron chi connectivity index (χ2n) is 13.2. The standard InChI is InChI=1S/C48H31N5/c1-4-14-31(15-5-1)34-20-12-22-36(26-34)42-29-43(53-48(52-42)37-23-13-21-35(27-37)32-16-6-2-7-17-32)39-28-40-44(47-46(39)49-30-50-47)38-24-10-11-25-41(38)51-45(40)33-18-8-3-9-19-33/h1-29H,30H2. The molecule has 0 saturated carbocycles. The molecule has 0 aliphatic carbocycles. The molecule has 53 heavy (non-hydrogen) atoms. The van der Waals surface area contributed by atoms with E-state index in [2.05, 4.69) is 152 Å². The van der Waals surface area contributed by atoms with Crippen molar-refractivity contribution in [1.29, 1.82) is 0 Å². The smallest absolute Gasteiger partial charge is 0.160 e. The van der Waals surface area contributed by atoms with Gasteiger partial charge in [-0.25, -0.2) is 15.0 Å². The highest BCUT2D eigenvalue weighted by Gasteiger charge is 2.20. The molecule has 0 bridgehead atoms. The quantitative estimate of drug-likeness (QED) is 0.165. The van der Waals surface area contributed by atoms with Gasteiger partial charge < -0.3 is 0 Å². The minimum atomic E-state index is 0.363. The predicted octanol–water partition coefficient (Wildman–Crippen LogP) is 10.4. The van der Waals surface area contributed by atoms with Gasteiger partial charge in [0.05, 0.1) is 33.3 Å². The maximum absolute atomic E-state index is 5.33. The van der Waals surface area contributed by atoms with Crippen molar-refractivity contribution in [3.63, 3.8) is 0 Å². The Labute approximate surface area is 306 Å². The first kappa shape index (κ1) is 30.7. The van der Waals surface area contributed by atoms with Crippen LogP contribution >= 0.6 is 0 Å². The van der Waals surface area contributed by atoms with Gasteiger partial charge in [-0.1, -0.05) is 146 Å². The van der Waals surface area contributed by atoms with Gasteiger partial charge >= 0.3 is 0 Å². The summed E-state index contributed by atoms with van der Waals surface area (Å²) in [6, 6.07) is 60.9. The van der Waals surface area contributed by atoms with Gasteiger partial charge in [-0.15, -0.1) is 0 Å². The van der Waals surface area contributed by atoms with Crippen molar-refractivity contribution in [2.45, 2.75) is 0 Å². The minimum absolute atomic E-state index is 0.363. The van der Waals surface area contributed by atoms with Crippen LogP contribution in [0.25, 0.3) is 89.1 Å². The number of nitrogens with zero attached hydrogens (tertiary/aromatic N) is 5. The summed E-state index contributed by atoms with van der Waals surface area (Å²) in [7, 11) is 0. The molecule has 9 aromatic rings. The Morgan fingerprint density at radius 2 is 0.906 bits per heavy atom. The lowest BCUT2D eigenvalue weighted by atomic mass is 9.95. The average molecular weight is 678 g/mol. The average Bonchev–Trinajstić information content (AvgIpc) is 3.74.